The summed E-state index contributed by atoms with van der Waals surface area (Å²) in [6.45, 7) is 2.12. The number of hydrogen-bond donors (Lipinski definition) is 1. The molecular formula is C10H20N2S. The molecule has 0 amide bonds. The lowest BCUT2D eigenvalue weighted by atomic mass is 9.87. The minimum atomic E-state index is 0.772. The van der Waals surface area contributed by atoms with Crippen LogP contribution in [0.15, 0.2) is 0 Å². The van der Waals surface area contributed by atoms with Gasteiger partial charge in [-0.2, -0.15) is 11.8 Å². The normalized spacial score (nSPS) is 41.5. The van der Waals surface area contributed by atoms with Gasteiger partial charge in [0.25, 0.3) is 0 Å². The van der Waals surface area contributed by atoms with Gasteiger partial charge in [0.1, 0.15) is 0 Å². The van der Waals surface area contributed by atoms with Gasteiger partial charge in [0.15, 0.2) is 0 Å². The minimum absolute atomic E-state index is 0.772. The van der Waals surface area contributed by atoms with Crippen LogP contribution in [0.5, 0.6) is 0 Å². The highest BCUT2D eigenvalue weighted by Crippen LogP contribution is 2.36. The number of rotatable bonds is 1. The van der Waals surface area contributed by atoms with Gasteiger partial charge in [-0.25, -0.2) is 0 Å². The average molecular weight is 200 g/mol. The van der Waals surface area contributed by atoms with Gasteiger partial charge in [0.2, 0.25) is 0 Å². The van der Waals surface area contributed by atoms with E-state index in [4.69, 9.17) is 5.73 Å². The van der Waals surface area contributed by atoms with Gasteiger partial charge in [-0.3, -0.25) is 0 Å². The van der Waals surface area contributed by atoms with E-state index in [2.05, 4.69) is 23.7 Å². The van der Waals surface area contributed by atoms with Crippen molar-refractivity contribution in [2.45, 2.75) is 18.9 Å². The van der Waals surface area contributed by atoms with E-state index in [1.165, 1.54) is 30.9 Å². The van der Waals surface area contributed by atoms with E-state index in [9.17, 15) is 0 Å². The van der Waals surface area contributed by atoms with Gasteiger partial charge >= 0.3 is 0 Å². The van der Waals surface area contributed by atoms with Crippen LogP contribution in [0.3, 0.4) is 0 Å². The zero-order chi connectivity index (χ0) is 9.26. The van der Waals surface area contributed by atoms with E-state index >= 15 is 0 Å². The highest BCUT2D eigenvalue weighted by Gasteiger charge is 2.39. The Hall–Kier alpha value is 0.270. The predicted octanol–water partition coefficient (Wildman–Crippen LogP) is 1.02. The van der Waals surface area contributed by atoms with Crippen molar-refractivity contribution in [3.63, 3.8) is 0 Å². The Balaban J connectivity index is 2.06. The molecule has 76 valence electrons. The molecule has 2 aliphatic heterocycles. The van der Waals surface area contributed by atoms with Gasteiger partial charge in [0.05, 0.1) is 0 Å². The molecule has 0 radical (unpaired) electrons. The van der Waals surface area contributed by atoms with Crippen molar-refractivity contribution in [3.05, 3.63) is 0 Å². The van der Waals surface area contributed by atoms with E-state index in [1.54, 1.807) is 0 Å². The third-order valence-electron chi connectivity index (χ3n) is 3.64. The van der Waals surface area contributed by atoms with Crippen LogP contribution in [-0.4, -0.2) is 42.6 Å². The van der Waals surface area contributed by atoms with Gasteiger partial charge in [0, 0.05) is 12.6 Å². The highest BCUT2D eigenvalue weighted by molar-refractivity contribution is 7.99. The summed E-state index contributed by atoms with van der Waals surface area (Å²) < 4.78 is 0. The Morgan fingerprint density at radius 1 is 1.38 bits per heavy atom. The first-order valence-electron chi connectivity index (χ1n) is 5.31. The second-order valence-corrected chi connectivity index (χ2v) is 5.58. The standard InChI is InChI=1S/C10H20N2S/c1-12-7-8(6-11)9-2-4-13-5-3-10(9)12/h8-10H,2-7,11H2,1H3. The Kier molecular flexibility index (Phi) is 3.17. The van der Waals surface area contributed by atoms with Gasteiger partial charge in [-0.15, -0.1) is 0 Å². The van der Waals surface area contributed by atoms with E-state index in [0.29, 0.717) is 0 Å². The Labute approximate surface area is 85.2 Å². The summed E-state index contributed by atoms with van der Waals surface area (Å²) >= 11 is 2.12. The van der Waals surface area contributed by atoms with Crippen LogP contribution in [0, 0.1) is 11.8 Å². The van der Waals surface area contributed by atoms with Crippen LogP contribution < -0.4 is 5.73 Å². The van der Waals surface area contributed by atoms with E-state index < -0.39 is 0 Å². The fourth-order valence-corrected chi connectivity index (χ4v) is 3.97. The fraction of sp³-hybridized carbons (Fsp3) is 1.00. The lowest BCUT2D eigenvalue weighted by molar-refractivity contribution is 0.263. The Morgan fingerprint density at radius 3 is 2.92 bits per heavy atom. The first-order valence-corrected chi connectivity index (χ1v) is 6.46. The van der Waals surface area contributed by atoms with Crippen LogP contribution in [0.4, 0.5) is 0 Å². The lowest BCUT2D eigenvalue weighted by Gasteiger charge is -2.23. The third-order valence-corrected chi connectivity index (χ3v) is 4.69. The smallest absolute Gasteiger partial charge is 0.0132 e. The molecule has 0 aromatic carbocycles. The summed E-state index contributed by atoms with van der Waals surface area (Å²) in [6, 6.07) is 0.837. The van der Waals surface area contributed by atoms with E-state index in [1.807, 2.05) is 0 Å². The molecule has 2 aliphatic rings. The highest BCUT2D eigenvalue weighted by atomic mass is 32.2. The van der Waals surface area contributed by atoms with Crippen molar-refractivity contribution in [1.82, 2.24) is 4.90 Å². The number of fused-ring (bicyclic) bond motifs is 1. The van der Waals surface area contributed by atoms with Crippen LogP contribution >= 0.6 is 11.8 Å². The lowest BCUT2D eigenvalue weighted by Crippen LogP contribution is -2.29. The number of hydrogen-bond acceptors (Lipinski definition) is 3. The summed E-state index contributed by atoms with van der Waals surface area (Å²) in [5.74, 6) is 4.37. The van der Waals surface area contributed by atoms with E-state index in [0.717, 1.165) is 24.4 Å². The number of likely N-dealkylation sites (tertiary alicyclic amines) is 1. The second kappa shape index (κ2) is 4.20. The predicted molar refractivity (Wildman–Crippen MR) is 59.0 cm³/mol. The molecule has 2 fully saturated rings. The number of nitrogens with zero attached hydrogens (tertiary/aromatic N) is 1. The van der Waals surface area contributed by atoms with Crippen molar-refractivity contribution in [1.29, 1.82) is 0 Å². The topological polar surface area (TPSA) is 29.3 Å². The monoisotopic (exact) mass is 200 g/mol. The van der Waals surface area contributed by atoms with Crippen molar-refractivity contribution in [2.24, 2.45) is 17.6 Å². The number of thioether (sulfide) groups is 1. The summed E-state index contributed by atoms with van der Waals surface area (Å²) in [5, 5.41) is 0. The van der Waals surface area contributed by atoms with Crippen LogP contribution in [-0.2, 0) is 0 Å². The molecule has 2 saturated heterocycles. The van der Waals surface area contributed by atoms with Crippen molar-refractivity contribution in [2.75, 3.05) is 31.6 Å². The molecule has 3 heteroatoms. The zero-order valence-electron chi connectivity index (χ0n) is 8.41. The molecule has 2 rings (SSSR count). The molecule has 2 nitrogen and oxygen atoms in total. The molecule has 2 N–H and O–H groups in total. The fourth-order valence-electron chi connectivity index (χ4n) is 2.92. The average Bonchev–Trinajstić information content (AvgIpc) is 2.38. The largest absolute Gasteiger partial charge is 0.330 e. The molecule has 13 heavy (non-hydrogen) atoms. The maximum atomic E-state index is 5.82. The molecule has 0 aromatic rings. The quantitative estimate of drug-likeness (QED) is 0.685. The van der Waals surface area contributed by atoms with Gasteiger partial charge in [-0.1, -0.05) is 0 Å². The molecule has 0 spiro atoms. The molecule has 3 unspecified atom stereocenters. The summed E-state index contributed by atoms with van der Waals surface area (Å²) in [6.07, 6.45) is 2.77. The SMILES string of the molecule is CN1CC(CN)C2CCSCCC21. The zero-order valence-corrected chi connectivity index (χ0v) is 9.22. The van der Waals surface area contributed by atoms with E-state index in [-0.39, 0.29) is 0 Å². The number of nitrogens with two attached hydrogens (primary N) is 1. The van der Waals surface area contributed by atoms with Crippen LogP contribution in [0.2, 0.25) is 0 Å². The van der Waals surface area contributed by atoms with Crippen molar-refractivity contribution < 1.29 is 0 Å². The molecule has 0 bridgehead atoms. The molecule has 3 atom stereocenters. The van der Waals surface area contributed by atoms with Crippen molar-refractivity contribution >= 4 is 11.8 Å². The Morgan fingerprint density at radius 2 is 2.15 bits per heavy atom. The Bertz CT molecular complexity index is 174. The first kappa shape index (κ1) is 9.81. The summed E-state index contributed by atoms with van der Waals surface area (Å²) in [5.41, 5.74) is 5.82. The molecule has 0 saturated carbocycles. The molecular weight excluding hydrogens is 180 g/mol. The van der Waals surface area contributed by atoms with Gasteiger partial charge in [-0.05, 0) is 49.8 Å². The maximum absolute atomic E-state index is 5.82. The molecule has 2 heterocycles. The van der Waals surface area contributed by atoms with Crippen LogP contribution in [0.25, 0.3) is 0 Å². The second-order valence-electron chi connectivity index (χ2n) is 4.36. The summed E-state index contributed by atoms with van der Waals surface area (Å²) in [4.78, 5) is 2.54. The molecule has 0 aliphatic carbocycles. The van der Waals surface area contributed by atoms with Crippen LogP contribution in [0.1, 0.15) is 12.8 Å². The maximum Gasteiger partial charge on any atom is 0.0132 e. The summed E-state index contributed by atoms with van der Waals surface area (Å²) in [7, 11) is 2.27. The molecule has 0 aromatic heterocycles. The van der Waals surface area contributed by atoms with Gasteiger partial charge < -0.3 is 10.6 Å². The minimum Gasteiger partial charge on any atom is -0.330 e. The van der Waals surface area contributed by atoms with Crippen molar-refractivity contribution in [3.8, 4) is 0 Å². The third kappa shape index (κ3) is 1.88. The first-order chi connectivity index (χ1) is 6.33.